The van der Waals surface area contributed by atoms with Crippen molar-refractivity contribution < 1.29 is 32.6 Å². The Morgan fingerprint density at radius 3 is 2.33 bits per heavy atom. The number of benzene rings is 1. The van der Waals surface area contributed by atoms with Crippen LogP contribution >= 0.6 is 0 Å². The van der Waals surface area contributed by atoms with Gasteiger partial charge in [0.25, 0.3) is 5.91 Å². The smallest absolute Gasteiger partial charge is 0.481 e. The van der Waals surface area contributed by atoms with Gasteiger partial charge in [-0.3, -0.25) is 9.59 Å². The van der Waals surface area contributed by atoms with Gasteiger partial charge in [-0.05, 0) is 25.0 Å². The third kappa shape index (κ3) is 8.40. The predicted molar refractivity (Wildman–Crippen MR) is 80.8 cm³/mol. The molecule has 0 saturated carbocycles. The van der Waals surface area contributed by atoms with Crippen molar-refractivity contribution in [1.82, 2.24) is 5.32 Å². The third-order valence-corrected chi connectivity index (χ3v) is 3.21. The highest BCUT2D eigenvalue weighted by Crippen LogP contribution is 2.26. The van der Waals surface area contributed by atoms with E-state index in [1.165, 1.54) is 18.2 Å². The van der Waals surface area contributed by atoms with E-state index in [0.29, 0.717) is 19.4 Å². The van der Waals surface area contributed by atoms with Gasteiger partial charge in [0, 0.05) is 13.0 Å². The number of hydrogen-bond acceptors (Lipinski definition) is 3. The molecule has 8 heteroatoms. The molecule has 0 aromatic heterocycles. The first-order valence-electron chi connectivity index (χ1n) is 7.64. The largest absolute Gasteiger partial charge is 0.573 e. The molecule has 0 spiro atoms. The molecule has 0 heterocycles. The van der Waals surface area contributed by atoms with E-state index in [1.54, 1.807) is 0 Å². The summed E-state index contributed by atoms with van der Waals surface area (Å²) in [6.07, 6.45) is -0.982. The molecule has 0 unspecified atom stereocenters. The molecule has 1 amide bonds. The number of para-hydroxylation sites is 1. The van der Waals surface area contributed by atoms with Crippen LogP contribution in [0.3, 0.4) is 0 Å². The fraction of sp³-hybridized carbons (Fsp3) is 0.500. The molecule has 0 aliphatic heterocycles. The number of carboxylic acids is 1. The van der Waals surface area contributed by atoms with Crippen molar-refractivity contribution in [3.8, 4) is 5.75 Å². The molecule has 134 valence electrons. The van der Waals surface area contributed by atoms with Gasteiger partial charge >= 0.3 is 12.3 Å². The fourth-order valence-corrected chi connectivity index (χ4v) is 2.10. The van der Waals surface area contributed by atoms with Gasteiger partial charge in [-0.1, -0.05) is 31.4 Å². The minimum atomic E-state index is -4.85. The highest BCUT2D eigenvalue weighted by atomic mass is 19.4. The van der Waals surface area contributed by atoms with E-state index in [1.807, 2.05) is 0 Å². The van der Waals surface area contributed by atoms with E-state index in [0.717, 1.165) is 25.3 Å². The lowest BCUT2D eigenvalue weighted by molar-refractivity contribution is -0.274. The number of carbonyl (C=O) groups is 2. The quantitative estimate of drug-likeness (QED) is 0.632. The molecule has 0 saturated heterocycles. The zero-order chi connectivity index (χ0) is 18.0. The molecule has 0 fully saturated rings. The van der Waals surface area contributed by atoms with Crippen LogP contribution in [0.5, 0.6) is 5.75 Å². The van der Waals surface area contributed by atoms with E-state index >= 15 is 0 Å². The van der Waals surface area contributed by atoms with Gasteiger partial charge in [0.05, 0.1) is 5.56 Å². The summed E-state index contributed by atoms with van der Waals surface area (Å²) in [7, 11) is 0. The number of halogens is 3. The number of aliphatic carboxylic acids is 1. The molecule has 1 aromatic rings. The van der Waals surface area contributed by atoms with Crippen LogP contribution in [0.1, 0.15) is 48.9 Å². The molecule has 24 heavy (non-hydrogen) atoms. The van der Waals surface area contributed by atoms with Crippen LogP contribution < -0.4 is 10.1 Å². The molecule has 1 rings (SSSR count). The summed E-state index contributed by atoms with van der Waals surface area (Å²) in [6, 6.07) is 5.17. The first-order chi connectivity index (χ1) is 11.3. The SMILES string of the molecule is O=C(O)CCCCCCCNC(=O)c1ccccc1OC(F)(F)F. The van der Waals surface area contributed by atoms with Gasteiger partial charge < -0.3 is 15.2 Å². The lowest BCUT2D eigenvalue weighted by atomic mass is 10.1. The van der Waals surface area contributed by atoms with E-state index in [2.05, 4.69) is 10.1 Å². The lowest BCUT2D eigenvalue weighted by Crippen LogP contribution is -2.26. The van der Waals surface area contributed by atoms with Gasteiger partial charge in [0.1, 0.15) is 5.75 Å². The number of rotatable bonds is 10. The Morgan fingerprint density at radius 1 is 1.04 bits per heavy atom. The van der Waals surface area contributed by atoms with Crippen molar-refractivity contribution in [3.63, 3.8) is 0 Å². The number of alkyl halides is 3. The lowest BCUT2D eigenvalue weighted by Gasteiger charge is -2.13. The third-order valence-electron chi connectivity index (χ3n) is 3.21. The molecule has 2 N–H and O–H groups in total. The van der Waals surface area contributed by atoms with Gasteiger partial charge in [-0.2, -0.15) is 0 Å². The van der Waals surface area contributed by atoms with Gasteiger partial charge in [-0.15, -0.1) is 13.2 Å². The van der Waals surface area contributed by atoms with Crippen LogP contribution in [0.4, 0.5) is 13.2 Å². The van der Waals surface area contributed by atoms with Crippen molar-refractivity contribution >= 4 is 11.9 Å². The molecule has 0 aliphatic rings. The minimum Gasteiger partial charge on any atom is -0.481 e. The maximum atomic E-state index is 12.3. The Hall–Kier alpha value is -2.25. The van der Waals surface area contributed by atoms with Crippen molar-refractivity contribution in [2.24, 2.45) is 0 Å². The summed E-state index contributed by atoms with van der Waals surface area (Å²) in [4.78, 5) is 22.3. The summed E-state index contributed by atoms with van der Waals surface area (Å²) in [5.41, 5.74) is -0.170. The van der Waals surface area contributed by atoms with E-state index < -0.39 is 24.0 Å². The Kier molecular flexibility index (Phi) is 8.08. The Bertz CT molecular complexity index is 546. The van der Waals surface area contributed by atoms with Crippen molar-refractivity contribution in [2.45, 2.75) is 44.9 Å². The number of amides is 1. The average Bonchev–Trinajstić information content (AvgIpc) is 2.48. The Morgan fingerprint density at radius 2 is 1.67 bits per heavy atom. The van der Waals surface area contributed by atoms with Gasteiger partial charge in [-0.25, -0.2) is 0 Å². The van der Waals surface area contributed by atoms with Crippen LogP contribution in [-0.4, -0.2) is 29.9 Å². The van der Waals surface area contributed by atoms with Crippen molar-refractivity contribution in [1.29, 1.82) is 0 Å². The van der Waals surface area contributed by atoms with Gasteiger partial charge in [0.15, 0.2) is 0 Å². The highest BCUT2D eigenvalue weighted by molar-refractivity contribution is 5.96. The number of unbranched alkanes of at least 4 members (excludes halogenated alkanes) is 4. The zero-order valence-electron chi connectivity index (χ0n) is 13.1. The summed E-state index contributed by atoms with van der Waals surface area (Å²) in [5, 5.41) is 11.0. The van der Waals surface area contributed by atoms with Crippen LogP contribution in [0.15, 0.2) is 24.3 Å². The molecule has 0 bridgehead atoms. The number of hydrogen-bond donors (Lipinski definition) is 2. The standard InChI is InChI=1S/C16H20F3NO4/c17-16(18,19)24-13-9-6-5-8-12(13)15(23)20-11-7-3-1-2-4-10-14(21)22/h5-6,8-9H,1-4,7,10-11H2,(H,20,23)(H,21,22). The maximum absolute atomic E-state index is 12.3. The van der Waals surface area contributed by atoms with E-state index in [-0.39, 0.29) is 12.0 Å². The minimum absolute atomic E-state index is 0.146. The number of carboxylic acid groups (broad SMARTS) is 1. The fourth-order valence-electron chi connectivity index (χ4n) is 2.10. The molecular formula is C16H20F3NO4. The van der Waals surface area contributed by atoms with Crippen LogP contribution in [-0.2, 0) is 4.79 Å². The summed E-state index contributed by atoms with van der Waals surface area (Å²) in [6.45, 7) is 0.331. The predicted octanol–water partition coefficient (Wildman–Crippen LogP) is 3.74. The van der Waals surface area contributed by atoms with Crippen LogP contribution in [0.25, 0.3) is 0 Å². The average molecular weight is 347 g/mol. The molecular weight excluding hydrogens is 327 g/mol. The van der Waals surface area contributed by atoms with Gasteiger partial charge in [0.2, 0.25) is 0 Å². The maximum Gasteiger partial charge on any atom is 0.573 e. The zero-order valence-corrected chi connectivity index (χ0v) is 13.1. The second kappa shape index (κ2) is 9.79. The number of nitrogens with one attached hydrogen (secondary N) is 1. The Labute approximate surface area is 137 Å². The van der Waals surface area contributed by atoms with Crippen molar-refractivity contribution in [2.75, 3.05) is 6.54 Å². The summed E-state index contributed by atoms with van der Waals surface area (Å²) < 4.78 is 40.7. The summed E-state index contributed by atoms with van der Waals surface area (Å²) in [5.74, 6) is -1.97. The molecule has 0 radical (unpaired) electrons. The molecule has 5 nitrogen and oxygen atoms in total. The normalized spacial score (nSPS) is 11.1. The van der Waals surface area contributed by atoms with E-state index in [4.69, 9.17) is 5.11 Å². The first kappa shape index (κ1) is 19.8. The molecule has 1 aromatic carbocycles. The van der Waals surface area contributed by atoms with Crippen molar-refractivity contribution in [3.05, 3.63) is 29.8 Å². The van der Waals surface area contributed by atoms with Crippen LogP contribution in [0.2, 0.25) is 0 Å². The van der Waals surface area contributed by atoms with E-state index in [9.17, 15) is 22.8 Å². The number of carbonyl (C=O) groups excluding carboxylic acids is 1. The summed E-state index contributed by atoms with van der Waals surface area (Å²) >= 11 is 0. The Balaban J connectivity index is 2.32. The molecule has 0 atom stereocenters. The highest BCUT2D eigenvalue weighted by Gasteiger charge is 2.32. The number of ether oxygens (including phenoxy) is 1. The second-order valence-electron chi connectivity index (χ2n) is 5.21. The van der Waals surface area contributed by atoms with Crippen LogP contribution in [0, 0.1) is 0 Å². The second-order valence-corrected chi connectivity index (χ2v) is 5.21. The molecule has 0 aliphatic carbocycles. The monoisotopic (exact) mass is 347 g/mol. The topological polar surface area (TPSA) is 75.6 Å². The first-order valence-corrected chi connectivity index (χ1v) is 7.64.